The maximum atomic E-state index is 12.3. The van der Waals surface area contributed by atoms with Crippen LogP contribution in [0, 0.1) is 0 Å². The van der Waals surface area contributed by atoms with Crippen molar-refractivity contribution < 1.29 is 9.53 Å². The van der Waals surface area contributed by atoms with Crippen LogP contribution in [0.25, 0.3) is 0 Å². The van der Waals surface area contributed by atoms with E-state index >= 15 is 0 Å². The molecule has 1 aliphatic rings. The first-order valence-corrected chi connectivity index (χ1v) is 7.17. The average Bonchev–Trinajstić information content (AvgIpc) is 2.46. The molecule has 114 valence electrons. The van der Waals surface area contributed by atoms with E-state index in [1.807, 2.05) is 18.7 Å². The number of anilines is 1. The van der Waals surface area contributed by atoms with Crippen molar-refractivity contribution in [2.45, 2.75) is 25.9 Å². The number of nitrogens with zero attached hydrogens (tertiary/aromatic N) is 3. The number of hydrogen-bond donors (Lipinski definition) is 2. The lowest BCUT2D eigenvalue weighted by atomic mass is 10.2. The van der Waals surface area contributed by atoms with Crippen LogP contribution in [0.4, 0.5) is 5.82 Å². The van der Waals surface area contributed by atoms with Crippen molar-refractivity contribution in [2.24, 2.45) is 5.73 Å². The second-order valence-corrected chi connectivity index (χ2v) is 5.48. The normalized spacial score (nSPS) is 18.6. The highest BCUT2D eigenvalue weighted by Gasteiger charge is 2.32. The van der Waals surface area contributed by atoms with Crippen LogP contribution in [0.1, 0.15) is 19.5 Å². The predicted molar refractivity (Wildman–Crippen MR) is 83.2 cm³/mol. The maximum absolute atomic E-state index is 12.3. The van der Waals surface area contributed by atoms with Crippen LogP contribution in [-0.4, -0.2) is 52.7 Å². The molecule has 0 spiro atoms. The van der Waals surface area contributed by atoms with Gasteiger partial charge >= 0.3 is 0 Å². The number of aromatic nitrogens is 2. The molecule has 7 nitrogen and oxygen atoms in total. The lowest BCUT2D eigenvalue weighted by Gasteiger charge is -2.36. The van der Waals surface area contributed by atoms with Crippen molar-refractivity contribution >= 4 is 28.9 Å². The monoisotopic (exact) mass is 309 g/mol. The lowest BCUT2D eigenvalue weighted by Crippen LogP contribution is -2.55. The molecule has 0 aliphatic carbocycles. The third kappa shape index (κ3) is 3.64. The van der Waals surface area contributed by atoms with Crippen LogP contribution < -0.4 is 16.0 Å². The summed E-state index contributed by atoms with van der Waals surface area (Å²) in [5.74, 6) is 0.418. The SMILES string of the molecule is CC(C)NC(=O)C1COCCN1c1nccnc1C(N)=S. The summed E-state index contributed by atoms with van der Waals surface area (Å²) in [6.45, 7) is 5.17. The number of amides is 1. The van der Waals surface area contributed by atoms with Crippen LogP contribution in [-0.2, 0) is 9.53 Å². The zero-order valence-corrected chi connectivity index (χ0v) is 12.9. The van der Waals surface area contributed by atoms with E-state index in [0.717, 1.165) is 0 Å². The number of carbonyl (C=O) groups is 1. The molecule has 1 saturated heterocycles. The summed E-state index contributed by atoms with van der Waals surface area (Å²) in [5, 5.41) is 2.89. The average molecular weight is 309 g/mol. The van der Waals surface area contributed by atoms with E-state index in [0.29, 0.717) is 31.3 Å². The van der Waals surface area contributed by atoms with Gasteiger partial charge in [-0.1, -0.05) is 12.2 Å². The Morgan fingerprint density at radius 2 is 2.24 bits per heavy atom. The minimum Gasteiger partial charge on any atom is -0.388 e. The van der Waals surface area contributed by atoms with Gasteiger partial charge in [0.1, 0.15) is 16.7 Å². The zero-order valence-electron chi connectivity index (χ0n) is 12.1. The van der Waals surface area contributed by atoms with Gasteiger partial charge in [-0.25, -0.2) is 9.97 Å². The second-order valence-electron chi connectivity index (χ2n) is 5.04. The Hall–Kier alpha value is -1.80. The minimum atomic E-state index is -0.467. The summed E-state index contributed by atoms with van der Waals surface area (Å²) in [4.78, 5) is 22.8. The van der Waals surface area contributed by atoms with Crippen LogP contribution in [0.3, 0.4) is 0 Å². The fourth-order valence-electron chi connectivity index (χ4n) is 2.17. The van der Waals surface area contributed by atoms with E-state index in [4.69, 9.17) is 22.7 Å². The van der Waals surface area contributed by atoms with E-state index in [-0.39, 0.29) is 16.9 Å². The number of rotatable bonds is 4. The van der Waals surface area contributed by atoms with Crippen LogP contribution in [0.15, 0.2) is 12.4 Å². The number of nitrogens with two attached hydrogens (primary N) is 1. The van der Waals surface area contributed by atoms with Gasteiger partial charge in [0.15, 0.2) is 5.82 Å². The molecule has 2 heterocycles. The van der Waals surface area contributed by atoms with Gasteiger partial charge in [-0.05, 0) is 13.8 Å². The van der Waals surface area contributed by atoms with Crippen molar-refractivity contribution in [3.63, 3.8) is 0 Å². The molecular formula is C13H19N5O2S. The number of nitrogens with one attached hydrogen (secondary N) is 1. The fourth-order valence-corrected chi connectivity index (χ4v) is 2.31. The molecule has 0 saturated carbocycles. The molecule has 3 N–H and O–H groups in total. The Morgan fingerprint density at radius 3 is 2.90 bits per heavy atom. The number of ether oxygens (including phenoxy) is 1. The molecule has 21 heavy (non-hydrogen) atoms. The molecule has 1 aromatic heterocycles. The Morgan fingerprint density at radius 1 is 1.52 bits per heavy atom. The van der Waals surface area contributed by atoms with Crippen LogP contribution >= 0.6 is 12.2 Å². The highest BCUT2D eigenvalue weighted by atomic mass is 32.1. The Labute approximate surface area is 128 Å². The largest absolute Gasteiger partial charge is 0.388 e. The number of morpholine rings is 1. The molecule has 2 rings (SSSR count). The van der Waals surface area contributed by atoms with E-state index in [2.05, 4.69) is 15.3 Å². The van der Waals surface area contributed by atoms with Gasteiger partial charge in [0.2, 0.25) is 5.91 Å². The Balaban J connectivity index is 2.31. The fraction of sp³-hybridized carbons (Fsp3) is 0.538. The number of thiocarbonyl (C=S) groups is 1. The first-order chi connectivity index (χ1) is 10.0. The summed E-state index contributed by atoms with van der Waals surface area (Å²) in [6.07, 6.45) is 3.09. The molecule has 1 amide bonds. The Kier molecular flexibility index (Phi) is 5.03. The van der Waals surface area contributed by atoms with Gasteiger partial charge in [0.25, 0.3) is 0 Å². The summed E-state index contributed by atoms with van der Waals surface area (Å²) in [5.41, 5.74) is 6.12. The van der Waals surface area contributed by atoms with Crippen LogP contribution in [0.2, 0.25) is 0 Å². The van der Waals surface area contributed by atoms with E-state index in [9.17, 15) is 4.79 Å². The minimum absolute atomic E-state index is 0.0539. The summed E-state index contributed by atoms with van der Waals surface area (Å²) < 4.78 is 5.42. The quantitative estimate of drug-likeness (QED) is 0.746. The molecule has 1 atom stereocenters. The van der Waals surface area contributed by atoms with Crippen molar-refractivity contribution in [1.82, 2.24) is 15.3 Å². The van der Waals surface area contributed by atoms with Gasteiger partial charge in [-0.15, -0.1) is 0 Å². The maximum Gasteiger partial charge on any atom is 0.245 e. The molecule has 1 aliphatic heterocycles. The summed E-state index contributed by atoms with van der Waals surface area (Å²) in [6, 6.07) is -0.413. The lowest BCUT2D eigenvalue weighted by molar-refractivity contribution is -0.125. The van der Waals surface area contributed by atoms with Crippen molar-refractivity contribution in [3.05, 3.63) is 18.1 Å². The van der Waals surface area contributed by atoms with Gasteiger partial charge < -0.3 is 20.7 Å². The third-order valence-corrected chi connectivity index (χ3v) is 3.24. The first-order valence-electron chi connectivity index (χ1n) is 6.76. The molecule has 0 bridgehead atoms. The number of hydrogen-bond acceptors (Lipinski definition) is 6. The standard InChI is InChI=1S/C13H19N5O2S/c1-8(2)17-13(19)9-7-20-6-5-18(9)12-10(11(14)21)15-3-4-16-12/h3-4,8-9H,5-7H2,1-2H3,(H2,14,21)(H,17,19). The second kappa shape index (κ2) is 6.77. The zero-order chi connectivity index (χ0) is 15.4. The van der Waals surface area contributed by atoms with Crippen molar-refractivity contribution in [2.75, 3.05) is 24.7 Å². The topological polar surface area (TPSA) is 93.4 Å². The highest BCUT2D eigenvalue weighted by molar-refractivity contribution is 7.80. The predicted octanol–water partition coefficient (Wildman–Crippen LogP) is -0.159. The van der Waals surface area contributed by atoms with Crippen LogP contribution in [0.5, 0.6) is 0 Å². The molecule has 0 aromatic carbocycles. The molecule has 1 fully saturated rings. The van der Waals surface area contributed by atoms with Gasteiger partial charge in [-0.2, -0.15) is 0 Å². The third-order valence-electron chi connectivity index (χ3n) is 3.05. The van der Waals surface area contributed by atoms with E-state index in [1.165, 1.54) is 6.20 Å². The Bertz CT molecular complexity index is 537. The van der Waals surface area contributed by atoms with Crippen molar-refractivity contribution in [1.29, 1.82) is 0 Å². The van der Waals surface area contributed by atoms with Crippen molar-refractivity contribution in [3.8, 4) is 0 Å². The number of carbonyl (C=O) groups excluding carboxylic acids is 1. The molecule has 0 radical (unpaired) electrons. The van der Waals surface area contributed by atoms with Gasteiger partial charge in [0, 0.05) is 25.0 Å². The summed E-state index contributed by atoms with van der Waals surface area (Å²) >= 11 is 5.01. The molecular weight excluding hydrogens is 290 g/mol. The van der Waals surface area contributed by atoms with E-state index < -0.39 is 6.04 Å². The van der Waals surface area contributed by atoms with Gasteiger partial charge in [0.05, 0.1) is 13.2 Å². The van der Waals surface area contributed by atoms with Gasteiger partial charge in [-0.3, -0.25) is 4.79 Å². The first kappa shape index (κ1) is 15.6. The molecule has 1 aromatic rings. The summed E-state index contributed by atoms with van der Waals surface area (Å²) in [7, 11) is 0. The molecule has 8 heteroatoms. The van der Waals surface area contributed by atoms with E-state index in [1.54, 1.807) is 6.20 Å². The molecule has 1 unspecified atom stereocenters. The smallest absolute Gasteiger partial charge is 0.245 e. The highest BCUT2D eigenvalue weighted by Crippen LogP contribution is 2.20.